The number of benzene rings is 1. The number of aromatic nitrogens is 1. The van der Waals surface area contributed by atoms with Gasteiger partial charge >= 0.3 is 0 Å². The number of ether oxygens (including phenoxy) is 1. The van der Waals surface area contributed by atoms with Gasteiger partial charge < -0.3 is 15.5 Å². The Hall–Kier alpha value is -1.03. The van der Waals surface area contributed by atoms with Crippen LogP contribution in [-0.4, -0.2) is 17.6 Å². The van der Waals surface area contributed by atoms with E-state index in [0.29, 0.717) is 6.61 Å². The van der Waals surface area contributed by atoms with Crippen molar-refractivity contribution in [1.29, 1.82) is 0 Å². The molecule has 0 spiro atoms. The average Bonchev–Trinajstić information content (AvgIpc) is 2.69. The first kappa shape index (κ1) is 12.0. The highest BCUT2D eigenvalue weighted by atomic mass is 35.5. The maximum Gasteiger partial charge on any atom is 0.120 e. The van der Waals surface area contributed by atoms with Crippen molar-refractivity contribution in [3.8, 4) is 0 Å². The van der Waals surface area contributed by atoms with Crippen LogP contribution in [0.4, 0.5) is 0 Å². The van der Waals surface area contributed by atoms with Gasteiger partial charge in [-0.25, -0.2) is 0 Å². The monoisotopic (exact) mass is 264 g/mol. The summed E-state index contributed by atoms with van der Waals surface area (Å²) in [5.74, 6) is 0. The zero-order valence-electron chi connectivity index (χ0n) is 10.6. The van der Waals surface area contributed by atoms with Gasteiger partial charge in [0.05, 0.1) is 12.3 Å². The summed E-state index contributed by atoms with van der Waals surface area (Å²) >= 11 is 6.08. The molecule has 0 saturated carbocycles. The third-order valence-corrected chi connectivity index (χ3v) is 4.22. The molecular formula is C14H17ClN2O. The van der Waals surface area contributed by atoms with E-state index in [-0.39, 0.29) is 6.04 Å². The molecule has 3 rings (SSSR count). The predicted octanol–water partition coefficient (Wildman–Crippen LogP) is 2.96. The minimum Gasteiger partial charge on any atom is -0.367 e. The van der Waals surface area contributed by atoms with Crippen molar-refractivity contribution in [2.75, 3.05) is 6.61 Å². The van der Waals surface area contributed by atoms with E-state index in [1.807, 2.05) is 32.0 Å². The third kappa shape index (κ3) is 1.58. The SMILES string of the molecule is CC(N)C1(C)OCCc2c1[nH]c1ccc(Cl)cc21. The van der Waals surface area contributed by atoms with Crippen LogP contribution in [0.5, 0.6) is 0 Å². The topological polar surface area (TPSA) is 51.0 Å². The van der Waals surface area contributed by atoms with Crippen molar-refractivity contribution in [2.45, 2.75) is 31.9 Å². The van der Waals surface area contributed by atoms with Crippen molar-refractivity contribution in [2.24, 2.45) is 5.73 Å². The van der Waals surface area contributed by atoms with Gasteiger partial charge in [0.15, 0.2) is 0 Å². The van der Waals surface area contributed by atoms with Gasteiger partial charge in [0, 0.05) is 22.0 Å². The number of hydrogen-bond acceptors (Lipinski definition) is 2. The summed E-state index contributed by atoms with van der Waals surface area (Å²) in [7, 11) is 0. The Morgan fingerprint density at radius 2 is 2.28 bits per heavy atom. The van der Waals surface area contributed by atoms with E-state index >= 15 is 0 Å². The summed E-state index contributed by atoms with van der Waals surface area (Å²) in [6.07, 6.45) is 0.901. The number of rotatable bonds is 1. The van der Waals surface area contributed by atoms with Crippen LogP contribution in [0.25, 0.3) is 10.9 Å². The van der Waals surface area contributed by atoms with E-state index in [2.05, 4.69) is 4.98 Å². The van der Waals surface area contributed by atoms with Crippen LogP contribution in [-0.2, 0) is 16.8 Å². The Morgan fingerprint density at radius 1 is 1.50 bits per heavy atom. The number of halogens is 1. The highest BCUT2D eigenvalue weighted by Crippen LogP contribution is 2.38. The first-order valence-electron chi connectivity index (χ1n) is 6.22. The van der Waals surface area contributed by atoms with Gasteiger partial charge in [0.1, 0.15) is 5.60 Å². The molecular weight excluding hydrogens is 248 g/mol. The molecule has 2 heterocycles. The van der Waals surface area contributed by atoms with Crippen LogP contribution in [0.3, 0.4) is 0 Å². The number of fused-ring (bicyclic) bond motifs is 3. The van der Waals surface area contributed by atoms with Gasteiger partial charge in [-0.2, -0.15) is 0 Å². The summed E-state index contributed by atoms with van der Waals surface area (Å²) in [6.45, 7) is 4.73. The van der Waals surface area contributed by atoms with Crippen molar-refractivity contribution in [3.63, 3.8) is 0 Å². The second kappa shape index (κ2) is 3.98. The maximum absolute atomic E-state index is 6.10. The predicted molar refractivity (Wildman–Crippen MR) is 74.0 cm³/mol. The number of aromatic amines is 1. The molecule has 4 heteroatoms. The van der Waals surface area contributed by atoms with E-state index < -0.39 is 5.60 Å². The molecule has 2 unspecified atom stereocenters. The lowest BCUT2D eigenvalue weighted by Crippen LogP contribution is -2.46. The van der Waals surface area contributed by atoms with Crippen molar-refractivity contribution in [3.05, 3.63) is 34.5 Å². The second-order valence-electron chi connectivity index (χ2n) is 5.16. The van der Waals surface area contributed by atoms with Crippen LogP contribution in [0.1, 0.15) is 25.1 Å². The minimum atomic E-state index is -0.445. The summed E-state index contributed by atoms with van der Waals surface area (Å²) in [4.78, 5) is 3.45. The fraction of sp³-hybridized carbons (Fsp3) is 0.429. The highest BCUT2D eigenvalue weighted by Gasteiger charge is 2.39. The number of nitrogens with two attached hydrogens (primary N) is 1. The molecule has 2 atom stereocenters. The lowest BCUT2D eigenvalue weighted by molar-refractivity contribution is -0.0630. The normalized spacial score (nSPS) is 25.1. The van der Waals surface area contributed by atoms with Crippen LogP contribution >= 0.6 is 11.6 Å². The van der Waals surface area contributed by atoms with Crippen LogP contribution in [0.2, 0.25) is 5.02 Å². The summed E-state index contributed by atoms with van der Waals surface area (Å²) < 4.78 is 5.92. The Balaban J connectivity index is 2.28. The van der Waals surface area contributed by atoms with Gasteiger partial charge in [-0.05, 0) is 44.0 Å². The average molecular weight is 265 g/mol. The molecule has 3 nitrogen and oxygen atoms in total. The molecule has 1 aromatic heterocycles. The Bertz CT molecular complexity index is 605. The number of nitrogens with one attached hydrogen (secondary N) is 1. The minimum absolute atomic E-state index is 0.0694. The Labute approximate surface area is 111 Å². The van der Waals surface area contributed by atoms with Crippen LogP contribution < -0.4 is 5.73 Å². The molecule has 1 aromatic carbocycles. The largest absolute Gasteiger partial charge is 0.367 e. The molecule has 0 aliphatic carbocycles. The maximum atomic E-state index is 6.10. The molecule has 96 valence electrons. The smallest absolute Gasteiger partial charge is 0.120 e. The fourth-order valence-electron chi connectivity index (χ4n) is 2.70. The van der Waals surface area contributed by atoms with Crippen LogP contribution in [0, 0.1) is 0 Å². The van der Waals surface area contributed by atoms with E-state index in [4.69, 9.17) is 22.1 Å². The first-order chi connectivity index (χ1) is 8.52. The molecule has 3 N–H and O–H groups in total. The van der Waals surface area contributed by atoms with Gasteiger partial charge in [-0.3, -0.25) is 0 Å². The van der Waals surface area contributed by atoms with Gasteiger partial charge in [-0.15, -0.1) is 0 Å². The first-order valence-corrected chi connectivity index (χ1v) is 6.60. The van der Waals surface area contributed by atoms with Crippen molar-refractivity contribution < 1.29 is 4.74 Å². The molecule has 1 aliphatic rings. The Kier molecular flexibility index (Phi) is 2.66. The third-order valence-electron chi connectivity index (χ3n) is 3.99. The van der Waals surface area contributed by atoms with E-state index in [1.54, 1.807) is 0 Å². The van der Waals surface area contributed by atoms with E-state index in [9.17, 15) is 0 Å². The van der Waals surface area contributed by atoms with Crippen molar-refractivity contribution in [1.82, 2.24) is 4.98 Å². The summed E-state index contributed by atoms with van der Waals surface area (Å²) in [6, 6.07) is 5.85. The second-order valence-corrected chi connectivity index (χ2v) is 5.60. The zero-order valence-corrected chi connectivity index (χ0v) is 11.3. The van der Waals surface area contributed by atoms with E-state index in [1.165, 1.54) is 10.9 Å². The number of hydrogen-bond donors (Lipinski definition) is 2. The molecule has 18 heavy (non-hydrogen) atoms. The van der Waals surface area contributed by atoms with Gasteiger partial charge in [0.2, 0.25) is 0 Å². The molecule has 1 aliphatic heterocycles. The molecule has 0 amide bonds. The summed E-state index contributed by atoms with van der Waals surface area (Å²) in [5.41, 5.74) is 9.14. The van der Waals surface area contributed by atoms with Gasteiger partial charge in [0.25, 0.3) is 0 Å². The molecule has 0 bridgehead atoms. The highest BCUT2D eigenvalue weighted by molar-refractivity contribution is 6.31. The fourth-order valence-corrected chi connectivity index (χ4v) is 2.87. The quantitative estimate of drug-likeness (QED) is 0.832. The molecule has 0 fully saturated rings. The molecule has 0 radical (unpaired) electrons. The molecule has 2 aromatic rings. The standard InChI is InChI=1S/C14H17ClN2O/c1-8(16)14(2)13-10(5-6-18-14)11-7-9(15)3-4-12(11)17-13/h3-4,7-8,17H,5-6,16H2,1-2H3. The van der Waals surface area contributed by atoms with Gasteiger partial charge in [-0.1, -0.05) is 11.6 Å². The van der Waals surface area contributed by atoms with Crippen LogP contribution in [0.15, 0.2) is 18.2 Å². The molecule has 0 saturated heterocycles. The summed E-state index contributed by atoms with van der Waals surface area (Å²) in [5, 5.41) is 1.95. The van der Waals surface area contributed by atoms with E-state index in [0.717, 1.165) is 22.7 Å². The zero-order chi connectivity index (χ0) is 12.9. The van der Waals surface area contributed by atoms with Crippen molar-refractivity contribution >= 4 is 22.5 Å². The lowest BCUT2D eigenvalue weighted by Gasteiger charge is -2.37. The number of H-pyrrole nitrogens is 1. The lowest BCUT2D eigenvalue weighted by atomic mass is 9.88. The Morgan fingerprint density at radius 3 is 3.00 bits per heavy atom.